The first-order valence-corrected chi connectivity index (χ1v) is 8.34. The van der Waals surface area contributed by atoms with Crippen molar-refractivity contribution < 1.29 is 4.74 Å². The van der Waals surface area contributed by atoms with Gasteiger partial charge in [-0.2, -0.15) is 0 Å². The summed E-state index contributed by atoms with van der Waals surface area (Å²) in [5, 5.41) is 7.73. The molecule has 5 heteroatoms. The number of nitrogens with one attached hydrogen (secondary N) is 1. The highest BCUT2D eigenvalue weighted by Gasteiger charge is 2.24. The van der Waals surface area contributed by atoms with Gasteiger partial charge in [-0.1, -0.05) is 23.5 Å². The Morgan fingerprint density at radius 1 is 1.33 bits per heavy atom. The SMILES string of the molecule is CCCNC(c1ccc(OC2CC2)cc1)c1snnc1C. The van der Waals surface area contributed by atoms with Crippen molar-refractivity contribution in [2.75, 3.05) is 6.54 Å². The standard InChI is InChI=1S/C16H21N3OS/c1-3-10-17-15(16-11(2)18-19-21-16)12-4-6-13(7-5-12)20-14-8-9-14/h4-7,14-15,17H,3,8-10H2,1-2H3. The molecule has 3 rings (SSSR count). The Hall–Kier alpha value is -1.46. The average molecular weight is 303 g/mol. The lowest BCUT2D eigenvalue weighted by Gasteiger charge is -2.18. The quantitative estimate of drug-likeness (QED) is 0.850. The summed E-state index contributed by atoms with van der Waals surface area (Å²) in [4.78, 5) is 1.19. The van der Waals surface area contributed by atoms with Gasteiger partial charge < -0.3 is 10.1 Å². The first-order chi connectivity index (χ1) is 10.3. The van der Waals surface area contributed by atoms with Crippen LogP contribution >= 0.6 is 11.5 Å². The van der Waals surface area contributed by atoms with Crippen LogP contribution in [0.3, 0.4) is 0 Å². The second kappa shape index (κ2) is 6.54. The van der Waals surface area contributed by atoms with Gasteiger partial charge in [-0.15, -0.1) is 5.10 Å². The van der Waals surface area contributed by atoms with E-state index >= 15 is 0 Å². The van der Waals surface area contributed by atoms with E-state index in [-0.39, 0.29) is 6.04 Å². The zero-order valence-corrected chi connectivity index (χ0v) is 13.3. The minimum absolute atomic E-state index is 0.167. The van der Waals surface area contributed by atoms with Gasteiger partial charge in [-0.05, 0) is 62.0 Å². The minimum Gasteiger partial charge on any atom is -0.490 e. The molecule has 1 aromatic carbocycles. The Bertz CT molecular complexity index is 577. The predicted octanol–water partition coefficient (Wildman–Crippen LogP) is 3.48. The molecule has 1 unspecified atom stereocenters. The van der Waals surface area contributed by atoms with E-state index < -0.39 is 0 Å². The first-order valence-electron chi connectivity index (χ1n) is 7.56. The topological polar surface area (TPSA) is 47.0 Å². The molecule has 1 N–H and O–H groups in total. The van der Waals surface area contributed by atoms with E-state index in [1.165, 1.54) is 34.8 Å². The number of hydrogen-bond acceptors (Lipinski definition) is 5. The first kappa shape index (κ1) is 14.5. The maximum absolute atomic E-state index is 5.81. The van der Waals surface area contributed by atoms with Gasteiger partial charge in [0.25, 0.3) is 0 Å². The maximum Gasteiger partial charge on any atom is 0.119 e. The Kier molecular flexibility index (Phi) is 4.51. The zero-order valence-electron chi connectivity index (χ0n) is 12.5. The fraction of sp³-hybridized carbons (Fsp3) is 0.500. The molecule has 112 valence electrons. The molecule has 1 heterocycles. The van der Waals surface area contributed by atoms with Crippen LogP contribution in [-0.2, 0) is 0 Å². The number of aryl methyl sites for hydroxylation is 1. The Morgan fingerprint density at radius 3 is 2.67 bits per heavy atom. The molecule has 21 heavy (non-hydrogen) atoms. The summed E-state index contributed by atoms with van der Waals surface area (Å²) in [6.45, 7) is 5.17. The molecule has 1 saturated carbocycles. The van der Waals surface area contributed by atoms with Crippen LogP contribution in [0.25, 0.3) is 0 Å². The number of nitrogens with zero attached hydrogens (tertiary/aromatic N) is 2. The smallest absolute Gasteiger partial charge is 0.119 e. The summed E-state index contributed by atoms with van der Waals surface area (Å²) in [7, 11) is 0. The summed E-state index contributed by atoms with van der Waals surface area (Å²) in [6, 6.07) is 8.59. The summed E-state index contributed by atoms with van der Waals surface area (Å²) >= 11 is 1.47. The van der Waals surface area contributed by atoms with Crippen molar-refractivity contribution in [1.29, 1.82) is 0 Å². The van der Waals surface area contributed by atoms with E-state index in [1.807, 2.05) is 6.92 Å². The van der Waals surface area contributed by atoms with Crippen LogP contribution < -0.4 is 10.1 Å². The third kappa shape index (κ3) is 3.60. The Morgan fingerprint density at radius 2 is 2.10 bits per heavy atom. The molecule has 1 fully saturated rings. The van der Waals surface area contributed by atoms with Crippen LogP contribution in [0.4, 0.5) is 0 Å². The molecule has 0 spiro atoms. The van der Waals surface area contributed by atoms with Gasteiger partial charge >= 0.3 is 0 Å². The molecule has 0 amide bonds. The fourth-order valence-corrected chi connectivity index (χ4v) is 3.02. The molecule has 0 radical (unpaired) electrons. The maximum atomic E-state index is 5.81. The van der Waals surface area contributed by atoms with Gasteiger partial charge in [0.15, 0.2) is 0 Å². The van der Waals surface area contributed by atoms with Crippen molar-refractivity contribution in [3.63, 3.8) is 0 Å². The summed E-state index contributed by atoms with van der Waals surface area (Å²) in [5.74, 6) is 0.967. The van der Waals surface area contributed by atoms with Gasteiger partial charge in [-0.3, -0.25) is 0 Å². The van der Waals surface area contributed by atoms with E-state index in [0.29, 0.717) is 6.10 Å². The summed E-state index contributed by atoms with van der Waals surface area (Å²) in [5.41, 5.74) is 2.24. The third-order valence-electron chi connectivity index (χ3n) is 3.59. The van der Waals surface area contributed by atoms with Crippen molar-refractivity contribution in [3.05, 3.63) is 40.4 Å². The monoisotopic (exact) mass is 303 g/mol. The molecule has 1 aromatic heterocycles. The van der Waals surface area contributed by atoms with Crippen LogP contribution in [0.2, 0.25) is 0 Å². The van der Waals surface area contributed by atoms with Crippen molar-refractivity contribution in [2.24, 2.45) is 0 Å². The molecule has 1 aliphatic rings. The van der Waals surface area contributed by atoms with E-state index in [2.05, 4.69) is 46.1 Å². The largest absolute Gasteiger partial charge is 0.490 e. The third-order valence-corrected chi connectivity index (χ3v) is 4.48. The Balaban J connectivity index is 1.79. The Labute approximate surface area is 129 Å². The van der Waals surface area contributed by atoms with Crippen molar-refractivity contribution in [2.45, 2.75) is 45.3 Å². The van der Waals surface area contributed by atoms with Gasteiger partial charge in [-0.25, -0.2) is 0 Å². The number of benzene rings is 1. The minimum atomic E-state index is 0.167. The molecule has 0 aliphatic heterocycles. The molecular weight excluding hydrogens is 282 g/mol. The molecular formula is C16H21N3OS. The normalized spacial score (nSPS) is 15.9. The average Bonchev–Trinajstić information content (AvgIpc) is 3.21. The molecule has 0 bridgehead atoms. The summed E-state index contributed by atoms with van der Waals surface area (Å²) < 4.78 is 9.88. The number of aromatic nitrogens is 2. The van der Waals surface area contributed by atoms with E-state index in [0.717, 1.165) is 24.4 Å². The molecule has 1 aliphatic carbocycles. The van der Waals surface area contributed by atoms with E-state index in [9.17, 15) is 0 Å². The highest BCUT2D eigenvalue weighted by molar-refractivity contribution is 7.05. The van der Waals surface area contributed by atoms with Crippen LogP contribution in [-0.4, -0.2) is 22.2 Å². The molecule has 4 nitrogen and oxygen atoms in total. The number of rotatable bonds is 7. The van der Waals surface area contributed by atoms with Gasteiger partial charge in [0.2, 0.25) is 0 Å². The lowest BCUT2D eigenvalue weighted by molar-refractivity contribution is 0.303. The van der Waals surface area contributed by atoms with E-state index in [4.69, 9.17) is 4.74 Å². The lowest BCUT2D eigenvalue weighted by Crippen LogP contribution is -2.23. The van der Waals surface area contributed by atoms with Crippen molar-refractivity contribution >= 4 is 11.5 Å². The predicted molar refractivity (Wildman–Crippen MR) is 84.9 cm³/mol. The number of ether oxygens (including phenoxy) is 1. The highest BCUT2D eigenvalue weighted by atomic mass is 32.1. The van der Waals surface area contributed by atoms with Gasteiger partial charge in [0, 0.05) is 0 Å². The molecule has 0 saturated heterocycles. The van der Waals surface area contributed by atoms with Crippen molar-refractivity contribution in [3.8, 4) is 5.75 Å². The summed E-state index contributed by atoms with van der Waals surface area (Å²) in [6.07, 6.45) is 3.92. The second-order valence-corrected chi connectivity index (χ2v) is 6.28. The van der Waals surface area contributed by atoms with Crippen LogP contribution in [0.1, 0.15) is 48.4 Å². The molecule has 1 atom stereocenters. The van der Waals surface area contributed by atoms with Crippen LogP contribution in [0, 0.1) is 6.92 Å². The zero-order chi connectivity index (χ0) is 14.7. The van der Waals surface area contributed by atoms with Gasteiger partial charge in [0.05, 0.1) is 22.7 Å². The van der Waals surface area contributed by atoms with Crippen molar-refractivity contribution in [1.82, 2.24) is 14.9 Å². The lowest BCUT2D eigenvalue weighted by atomic mass is 10.0. The van der Waals surface area contributed by atoms with Gasteiger partial charge in [0.1, 0.15) is 5.75 Å². The second-order valence-electron chi connectivity index (χ2n) is 5.50. The fourth-order valence-electron chi connectivity index (χ4n) is 2.27. The molecule has 2 aromatic rings. The number of hydrogen-bond donors (Lipinski definition) is 1. The highest BCUT2D eigenvalue weighted by Crippen LogP contribution is 2.30. The van der Waals surface area contributed by atoms with Crippen LogP contribution in [0.5, 0.6) is 5.75 Å². The van der Waals surface area contributed by atoms with Crippen LogP contribution in [0.15, 0.2) is 24.3 Å². The van der Waals surface area contributed by atoms with E-state index in [1.54, 1.807) is 0 Å².